The molecular formula is C39H42F9N3O4. The molecule has 0 aliphatic rings. The summed E-state index contributed by atoms with van der Waals surface area (Å²) in [7, 11) is 3.21. The number of hydrogen-bond donors (Lipinski definition) is 1. The van der Waals surface area contributed by atoms with Gasteiger partial charge in [-0.25, -0.2) is 13.2 Å². The number of aryl methyl sites for hydroxylation is 1. The van der Waals surface area contributed by atoms with Crippen LogP contribution in [-0.4, -0.2) is 48.6 Å². The minimum absolute atomic E-state index is 0.0105. The van der Waals surface area contributed by atoms with E-state index in [0.29, 0.717) is 42.0 Å². The Kier molecular flexibility index (Phi) is 15.5. The SMILES string of the molecule is C=CCCCCc1cc(F)cc(F)c1-c1cc([C@H](CC(=O)OCC)NC(=O)[C@H](CC=C)n2cc(CCN(C)C)c(C(F)(F)F)cc2=O)c(F)c(C(F)(F)F)c1. The zero-order valence-electron chi connectivity index (χ0n) is 30.5. The Morgan fingerprint density at radius 1 is 0.909 bits per heavy atom. The van der Waals surface area contributed by atoms with Crippen LogP contribution in [0.15, 0.2) is 66.6 Å². The van der Waals surface area contributed by atoms with Crippen molar-refractivity contribution in [3.05, 3.63) is 117 Å². The van der Waals surface area contributed by atoms with Crippen LogP contribution in [0.3, 0.4) is 0 Å². The zero-order valence-corrected chi connectivity index (χ0v) is 30.5. The summed E-state index contributed by atoms with van der Waals surface area (Å²) in [6, 6.07) is -0.804. The number of hydrogen-bond acceptors (Lipinski definition) is 5. The largest absolute Gasteiger partial charge is 0.466 e. The Bertz CT molecular complexity index is 1920. The number of amides is 1. The Balaban J connectivity index is 2.27. The number of allylic oxidation sites excluding steroid dienone is 2. The maximum absolute atomic E-state index is 16.1. The fraction of sp³-hybridized carbons (Fsp3) is 0.410. The number of pyridine rings is 1. The molecule has 1 aromatic heterocycles. The van der Waals surface area contributed by atoms with E-state index < -0.39 is 100.0 Å². The summed E-state index contributed by atoms with van der Waals surface area (Å²) in [5.74, 6) is -6.50. The van der Waals surface area contributed by atoms with Gasteiger partial charge in [-0.1, -0.05) is 12.2 Å². The second kappa shape index (κ2) is 19.1. The summed E-state index contributed by atoms with van der Waals surface area (Å²) in [5, 5.41) is 2.28. The first-order valence-electron chi connectivity index (χ1n) is 17.3. The third-order valence-electron chi connectivity index (χ3n) is 8.63. The van der Waals surface area contributed by atoms with E-state index in [0.717, 1.165) is 24.4 Å². The van der Waals surface area contributed by atoms with E-state index in [1.807, 2.05) is 0 Å². The number of carbonyl (C=O) groups excluding carboxylic acids is 2. The van der Waals surface area contributed by atoms with E-state index in [2.05, 4.69) is 18.5 Å². The number of benzene rings is 2. The first-order chi connectivity index (χ1) is 25.7. The molecule has 16 heteroatoms. The molecule has 0 spiro atoms. The summed E-state index contributed by atoms with van der Waals surface area (Å²) in [5.41, 5.74) is -6.72. The maximum atomic E-state index is 16.1. The number of nitrogens with zero attached hydrogens (tertiary/aromatic N) is 2. The minimum Gasteiger partial charge on any atom is -0.466 e. The van der Waals surface area contributed by atoms with Crippen molar-refractivity contribution >= 4 is 11.9 Å². The van der Waals surface area contributed by atoms with Gasteiger partial charge in [0.05, 0.1) is 30.2 Å². The summed E-state index contributed by atoms with van der Waals surface area (Å²) < 4.78 is 137. The van der Waals surface area contributed by atoms with Crippen LogP contribution in [0.1, 0.15) is 78.9 Å². The van der Waals surface area contributed by atoms with E-state index in [1.165, 1.54) is 6.92 Å². The average molecular weight is 788 g/mol. The molecule has 1 heterocycles. The number of nitrogens with one attached hydrogen (secondary N) is 1. The third-order valence-corrected chi connectivity index (χ3v) is 8.63. The van der Waals surface area contributed by atoms with Gasteiger partial charge >= 0.3 is 18.3 Å². The summed E-state index contributed by atoms with van der Waals surface area (Å²) in [6.07, 6.45) is -6.83. The van der Waals surface area contributed by atoms with Gasteiger partial charge in [-0.2, -0.15) is 26.3 Å². The van der Waals surface area contributed by atoms with Gasteiger partial charge in [0, 0.05) is 36.0 Å². The lowest BCUT2D eigenvalue weighted by Gasteiger charge is -2.26. The molecule has 1 amide bonds. The second-order valence-electron chi connectivity index (χ2n) is 13.0. The van der Waals surface area contributed by atoms with Gasteiger partial charge in [0.1, 0.15) is 23.5 Å². The van der Waals surface area contributed by atoms with Gasteiger partial charge < -0.3 is 19.5 Å². The van der Waals surface area contributed by atoms with E-state index in [9.17, 15) is 45.1 Å². The Morgan fingerprint density at radius 2 is 1.58 bits per heavy atom. The summed E-state index contributed by atoms with van der Waals surface area (Å²) in [6.45, 7) is 8.44. The Morgan fingerprint density at radius 3 is 2.16 bits per heavy atom. The van der Waals surface area contributed by atoms with Gasteiger partial charge in [0.15, 0.2) is 0 Å². The van der Waals surface area contributed by atoms with Crippen LogP contribution in [-0.2, 0) is 39.5 Å². The normalized spacial score (nSPS) is 13.0. The van der Waals surface area contributed by atoms with Gasteiger partial charge in [-0.3, -0.25) is 14.4 Å². The van der Waals surface area contributed by atoms with Crippen molar-refractivity contribution in [2.45, 2.75) is 76.3 Å². The van der Waals surface area contributed by atoms with Crippen molar-refractivity contribution in [3.8, 4) is 11.1 Å². The molecule has 0 saturated heterocycles. The molecule has 0 saturated carbocycles. The van der Waals surface area contributed by atoms with Crippen LogP contribution < -0.4 is 10.9 Å². The van der Waals surface area contributed by atoms with Gasteiger partial charge in [-0.15, -0.1) is 13.2 Å². The monoisotopic (exact) mass is 787 g/mol. The van der Waals surface area contributed by atoms with Gasteiger partial charge in [0.25, 0.3) is 5.56 Å². The van der Waals surface area contributed by atoms with Crippen molar-refractivity contribution in [2.24, 2.45) is 0 Å². The highest BCUT2D eigenvalue weighted by Crippen LogP contribution is 2.40. The second-order valence-corrected chi connectivity index (χ2v) is 13.0. The lowest BCUT2D eigenvalue weighted by atomic mass is 9.90. The van der Waals surface area contributed by atoms with Crippen LogP contribution in [0.4, 0.5) is 39.5 Å². The van der Waals surface area contributed by atoms with Crippen molar-refractivity contribution < 1.29 is 53.8 Å². The van der Waals surface area contributed by atoms with Crippen molar-refractivity contribution in [3.63, 3.8) is 0 Å². The number of likely N-dealkylation sites (N-methyl/N-ethyl adjacent to an activating group) is 1. The highest BCUT2D eigenvalue weighted by Gasteiger charge is 2.39. The van der Waals surface area contributed by atoms with Crippen molar-refractivity contribution in [2.75, 3.05) is 27.2 Å². The number of ether oxygens (including phenoxy) is 1. The zero-order chi connectivity index (χ0) is 41.2. The van der Waals surface area contributed by atoms with Gasteiger partial charge in [0.2, 0.25) is 5.91 Å². The molecule has 2 aromatic carbocycles. The molecule has 300 valence electrons. The van der Waals surface area contributed by atoms with E-state index in [4.69, 9.17) is 4.74 Å². The predicted octanol–water partition coefficient (Wildman–Crippen LogP) is 8.90. The molecule has 7 nitrogen and oxygen atoms in total. The van der Waals surface area contributed by atoms with Gasteiger partial charge in [-0.05, 0) is 94.4 Å². The maximum Gasteiger partial charge on any atom is 0.419 e. The summed E-state index contributed by atoms with van der Waals surface area (Å²) in [4.78, 5) is 41.5. The number of carbonyl (C=O) groups is 2. The lowest BCUT2D eigenvalue weighted by molar-refractivity contribution is -0.144. The van der Waals surface area contributed by atoms with E-state index >= 15 is 8.78 Å². The van der Waals surface area contributed by atoms with E-state index in [1.54, 1.807) is 25.1 Å². The number of esters is 1. The van der Waals surface area contributed by atoms with Crippen LogP contribution in [0.2, 0.25) is 0 Å². The van der Waals surface area contributed by atoms with Crippen LogP contribution in [0.5, 0.6) is 0 Å². The molecule has 55 heavy (non-hydrogen) atoms. The number of rotatable bonds is 18. The topological polar surface area (TPSA) is 80.6 Å². The molecule has 3 rings (SSSR count). The average Bonchev–Trinajstić information content (AvgIpc) is 3.07. The molecule has 0 bridgehead atoms. The lowest BCUT2D eigenvalue weighted by Crippen LogP contribution is -2.40. The number of halogens is 9. The molecule has 0 aliphatic heterocycles. The predicted molar refractivity (Wildman–Crippen MR) is 188 cm³/mol. The molecule has 0 radical (unpaired) electrons. The van der Waals surface area contributed by atoms with Crippen molar-refractivity contribution in [1.29, 1.82) is 0 Å². The smallest absolute Gasteiger partial charge is 0.419 e. The molecule has 0 unspecified atom stereocenters. The Hall–Kier alpha value is -4.86. The number of alkyl halides is 6. The molecule has 2 atom stereocenters. The first-order valence-corrected chi connectivity index (χ1v) is 17.3. The fourth-order valence-corrected chi connectivity index (χ4v) is 6.04. The first kappa shape index (κ1) is 44.5. The molecular weight excluding hydrogens is 745 g/mol. The molecule has 0 fully saturated rings. The minimum atomic E-state index is -5.39. The highest BCUT2D eigenvalue weighted by molar-refractivity contribution is 5.82. The number of unbranched alkanes of at least 4 members (excludes halogenated alkanes) is 2. The summed E-state index contributed by atoms with van der Waals surface area (Å²) >= 11 is 0. The molecule has 1 N–H and O–H groups in total. The van der Waals surface area contributed by atoms with Crippen molar-refractivity contribution in [1.82, 2.24) is 14.8 Å². The highest BCUT2D eigenvalue weighted by atomic mass is 19.4. The molecule has 3 aromatic rings. The van der Waals surface area contributed by atoms with Crippen LogP contribution >= 0.6 is 0 Å². The Labute approximate surface area is 312 Å². The molecule has 0 aliphatic carbocycles. The standard InChI is InChI=1S/C39H42F9N3O4/c1-6-9-10-11-13-23-16-26(40)19-30(41)35(23)25-17-27(36(42)29(18-25)39(46,47)48)31(21-34(53)55-8-3)49-37(54)32(12-7-2)51-22-24(14-15-50(4)5)28(20-33(51)52)38(43,44)45/h6-7,16-20,22,31-32H,1-2,8-15,21H2,3-5H3,(H,49,54)/t31-,32-/m0/s1. The van der Waals surface area contributed by atoms with E-state index in [-0.39, 0.29) is 37.1 Å². The van der Waals surface area contributed by atoms with Crippen LogP contribution in [0, 0.1) is 17.5 Å². The quantitative estimate of drug-likeness (QED) is 0.0603. The number of aromatic nitrogens is 1. The van der Waals surface area contributed by atoms with Crippen LogP contribution in [0.25, 0.3) is 11.1 Å². The fourth-order valence-electron chi connectivity index (χ4n) is 6.04. The third kappa shape index (κ3) is 11.8.